The average Bonchev–Trinajstić information content (AvgIpc) is 3.04. The quantitative estimate of drug-likeness (QED) is 0.745. The van der Waals surface area contributed by atoms with Crippen molar-refractivity contribution in [2.45, 2.75) is 19.4 Å². The van der Waals surface area contributed by atoms with E-state index in [9.17, 15) is 0 Å². The van der Waals surface area contributed by atoms with E-state index in [0.717, 1.165) is 16.9 Å². The van der Waals surface area contributed by atoms with Crippen molar-refractivity contribution in [3.63, 3.8) is 0 Å². The maximum absolute atomic E-state index is 5.20. The highest BCUT2D eigenvalue weighted by Gasteiger charge is 2.13. The third-order valence-electron chi connectivity index (χ3n) is 3.05. The number of nitrogens with zero attached hydrogens (tertiary/aromatic N) is 3. The summed E-state index contributed by atoms with van der Waals surface area (Å²) in [4.78, 5) is 12.1. The number of aromatic nitrogens is 4. The summed E-state index contributed by atoms with van der Waals surface area (Å²) in [7, 11) is 1.85. The Hall–Kier alpha value is -2.21. The van der Waals surface area contributed by atoms with Gasteiger partial charge in [-0.05, 0) is 26.1 Å². The lowest BCUT2D eigenvalue weighted by Gasteiger charge is -2.01. The molecule has 3 aromatic rings. The Morgan fingerprint density at radius 1 is 1.32 bits per heavy atom. The minimum absolute atomic E-state index is 0.0527. The summed E-state index contributed by atoms with van der Waals surface area (Å²) in [5.74, 6) is 2.07. The lowest BCUT2D eigenvalue weighted by Crippen LogP contribution is -2.12. The van der Waals surface area contributed by atoms with Crippen molar-refractivity contribution in [2.24, 2.45) is 0 Å². The van der Waals surface area contributed by atoms with Crippen LogP contribution >= 0.6 is 0 Å². The Kier molecular flexibility index (Phi) is 3.00. The van der Waals surface area contributed by atoms with Crippen molar-refractivity contribution in [3.8, 4) is 0 Å². The second-order valence-electron chi connectivity index (χ2n) is 4.44. The Bertz CT molecular complexity index is 654. The smallest absolute Gasteiger partial charge is 0.243 e. The number of benzene rings is 1. The molecule has 0 aliphatic carbocycles. The second kappa shape index (κ2) is 4.81. The minimum Gasteiger partial charge on any atom is -0.342 e. The zero-order chi connectivity index (χ0) is 13.2. The molecule has 2 N–H and O–H groups in total. The zero-order valence-electron chi connectivity index (χ0n) is 10.8. The lowest BCUT2D eigenvalue weighted by molar-refractivity contribution is 0.343. The first-order chi connectivity index (χ1) is 9.26. The average molecular weight is 257 g/mol. The monoisotopic (exact) mass is 257 g/mol. The lowest BCUT2D eigenvalue weighted by atomic mass is 10.3. The molecule has 0 radical (unpaired) electrons. The van der Waals surface area contributed by atoms with E-state index in [-0.39, 0.29) is 6.04 Å². The zero-order valence-corrected chi connectivity index (χ0v) is 10.8. The molecule has 3 rings (SSSR count). The maximum atomic E-state index is 5.20. The van der Waals surface area contributed by atoms with E-state index in [4.69, 9.17) is 4.52 Å². The van der Waals surface area contributed by atoms with Crippen LogP contribution in [-0.2, 0) is 6.42 Å². The van der Waals surface area contributed by atoms with Crippen molar-refractivity contribution in [1.82, 2.24) is 25.4 Å². The summed E-state index contributed by atoms with van der Waals surface area (Å²) < 4.78 is 5.20. The van der Waals surface area contributed by atoms with Crippen molar-refractivity contribution in [1.29, 1.82) is 0 Å². The summed E-state index contributed by atoms with van der Waals surface area (Å²) in [6.45, 7) is 1.97. The van der Waals surface area contributed by atoms with Crippen molar-refractivity contribution < 1.29 is 4.52 Å². The predicted octanol–water partition coefficient (Wildman–Crippen LogP) is 1.82. The van der Waals surface area contributed by atoms with E-state index in [2.05, 4.69) is 25.4 Å². The maximum Gasteiger partial charge on any atom is 0.243 e. The molecule has 2 heterocycles. The molecule has 19 heavy (non-hydrogen) atoms. The largest absolute Gasteiger partial charge is 0.342 e. The molecule has 0 spiro atoms. The van der Waals surface area contributed by atoms with Gasteiger partial charge in [0.2, 0.25) is 5.89 Å². The van der Waals surface area contributed by atoms with Gasteiger partial charge in [-0.25, -0.2) is 4.98 Å². The number of imidazole rings is 1. The summed E-state index contributed by atoms with van der Waals surface area (Å²) in [5, 5.41) is 7.02. The number of fused-ring (bicyclic) bond motifs is 1. The van der Waals surface area contributed by atoms with E-state index in [0.29, 0.717) is 18.1 Å². The van der Waals surface area contributed by atoms with Crippen molar-refractivity contribution in [3.05, 3.63) is 41.8 Å². The number of para-hydroxylation sites is 2. The van der Waals surface area contributed by atoms with Crippen LogP contribution < -0.4 is 5.32 Å². The molecule has 1 unspecified atom stereocenters. The van der Waals surface area contributed by atoms with Gasteiger partial charge in [-0.1, -0.05) is 17.3 Å². The normalized spacial score (nSPS) is 12.9. The topological polar surface area (TPSA) is 79.6 Å². The van der Waals surface area contributed by atoms with Crippen molar-refractivity contribution >= 4 is 11.0 Å². The predicted molar refractivity (Wildman–Crippen MR) is 70.7 cm³/mol. The van der Waals surface area contributed by atoms with E-state index in [1.807, 2.05) is 38.2 Å². The molecule has 0 bridgehead atoms. The molecule has 2 aromatic heterocycles. The molecular weight excluding hydrogens is 242 g/mol. The van der Waals surface area contributed by atoms with Gasteiger partial charge in [-0.2, -0.15) is 4.98 Å². The summed E-state index contributed by atoms with van der Waals surface area (Å²) in [6, 6.07) is 7.97. The van der Waals surface area contributed by atoms with Gasteiger partial charge in [0.1, 0.15) is 5.82 Å². The van der Waals surface area contributed by atoms with Crippen LogP contribution in [0.1, 0.15) is 30.5 Å². The Morgan fingerprint density at radius 3 is 2.95 bits per heavy atom. The molecule has 6 heteroatoms. The van der Waals surface area contributed by atoms with Gasteiger partial charge >= 0.3 is 0 Å². The summed E-state index contributed by atoms with van der Waals surface area (Å²) in [6.07, 6.45) is 0.536. The van der Waals surface area contributed by atoms with Crippen LogP contribution in [0.4, 0.5) is 0 Å². The van der Waals surface area contributed by atoms with Crippen LogP contribution in [0.3, 0.4) is 0 Å². The number of hydrogen-bond donors (Lipinski definition) is 2. The molecule has 1 atom stereocenters. The van der Waals surface area contributed by atoms with Crippen LogP contribution in [0, 0.1) is 0 Å². The molecular formula is C13H15N5O. The second-order valence-corrected chi connectivity index (χ2v) is 4.44. The third kappa shape index (κ3) is 2.34. The standard InChI is InChI=1S/C13H15N5O/c1-8(14-2)13-17-12(18-19-13)7-11-15-9-5-3-4-6-10(9)16-11/h3-6,8,14H,7H2,1-2H3,(H,15,16). The van der Waals surface area contributed by atoms with Gasteiger partial charge in [0.15, 0.2) is 5.82 Å². The van der Waals surface area contributed by atoms with Crippen LogP contribution in [0.25, 0.3) is 11.0 Å². The summed E-state index contributed by atoms with van der Waals surface area (Å²) in [5.41, 5.74) is 1.97. The van der Waals surface area contributed by atoms with Crippen LogP contribution in [0.5, 0.6) is 0 Å². The minimum atomic E-state index is 0.0527. The Labute approximate surface area is 110 Å². The first-order valence-electron chi connectivity index (χ1n) is 6.19. The highest BCUT2D eigenvalue weighted by atomic mass is 16.5. The first-order valence-corrected chi connectivity index (χ1v) is 6.19. The molecule has 0 aliphatic heterocycles. The van der Waals surface area contributed by atoms with Crippen LogP contribution in [-0.4, -0.2) is 27.2 Å². The molecule has 1 aromatic carbocycles. The van der Waals surface area contributed by atoms with E-state index in [1.165, 1.54) is 0 Å². The van der Waals surface area contributed by atoms with Gasteiger partial charge in [0.05, 0.1) is 23.5 Å². The number of hydrogen-bond acceptors (Lipinski definition) is 5. The fraction of sp³-hybridized carbons (Fsp3) is 0.308. The van der Waals surface area contributed by atoms with E-state index in [1.54, 1.807) is 0 Å². The Balaban J connectivity index is 1.82. The van der Waals surface area contributed by atoms with E-state index < -0.39 is 0 Å². The number of aromatic amines is 1. The first kappa shape index (κ1) is 11.9. The molecule has 0 aliphatic rings. The number of rotatable bonds is 4. The van der Waals surface area contributed by atoms with Crippen LogP contribution in [0.2, 0.25) is 0 Å². The van der Waals surface area contributed by atoms with Gasteiger partial charge < -0.3 is 14.8 Å². The molecule has 0 amide bonds. The van der Waals surface area contributed by atoms with E-state index >= 15 is 0 Å². The fourth-order valence-electron chi connectivity index (χ4n) is 1.88. The van der Waals surface area contributed by atoms with Gasteiger partial charge in [0, 0.05) is 0 Å². The van der Waals surface area contributed by atoms with Crippen LogP contribution in [0.15, 0.2) is 28.8 Å². The molecule has 0 fully saturated rings. The number of nitrogens with one attached hydrogen (secondary N) is 2. The highest BCUT2D eigenvalue weighted by molar-refractivity contribution is 5.74. The SMILES string of the molecule is CNC(C)c1nc(Cc2nc3ccccc3[nH]2)no1. The molecule has 0 saturated heterocycles. The number of H-pyrrole nitrogens is 1. The Morgan fingerprint density at radius 2 is 2.16 bits per heavy atom. The molecule has 0 saturated carbocycles. The molecule has 98 valence electrons. The third-order valence-corrected chi connectivity index (χ3v) is 3.05. The van der Waals surface area contributed by atoms with Gasteiger partial charge in [-0.3, -0.25) is 0 Å². The van der Waals surface area contributed by atoms with Crippen molar-refractivity contribution in [2.75, 3.05) is 7.05 Å². The van der Waals surface area contributed by atoms with Gasteiger partial charge in [-0.15, -0.1) is 0 Å². The summed E-state index contributed by atoms with van der Waals surface area (Å²) >= 11 is 0. The highest BCUT2D eigenvalue weighted by Crippen LogP contribution is 2.14. The molecule has 6 nitrogen and oxygen atoms in total. The fourth-order valence-corrected chi connectivity index (χ4v) is 1.88. The van der Waals surface area contributed by atoms with Gasteiger partial charge in [0.25, 0.3) is 0 Å².